The number of amides is 1. The van der Waals surface area contributed by atoms with Gasteiger partial charge in [0.2, 0.25) is 5.91 Å². The molecule has 0 saturated heterocycles. The monoisotopic (exact) mass is 459 g/mol. The van der Waals surface area contributed by atoms with Crippen molar-refractivity contribution in [2.45, 2.75) is 13.3 Å². The summed E-state index contributed by atoms with van der Waals surface area (Å²) in [7, 11) is 0. The second-order valence-corrected chi connectivity index (χ2v) is 8.25. The molecule has 3 N–H and O–H groups in total. The van der Waals surface area contributed by atoms with Crippen LogP contribution < -0.4 is 5.32 Å². The van der Waals surface area contributed by atoms with Crippen LogP contribution in [0.15, 0.2) is 79.5 Å². The summed E-state index contributed by atoms with van der Waals surface area (Å²) in [5.41, 5.74) is 7.98. The van der Waals surface area contributed by atoms with Gasteiger partial charge in [-0.1, -0.05) is 25.1 Å². The normalized spacial score (nSPS) is 11.2. The Balaban J connectivity index is 1.43. The number of hydrogen-bond donors (Lipinski definition) is 3. The molecule has 0 atom stereocenters. The van der Waals surface area contributed by atoms with Crippen LogP contribution in [0.3, 0.4) is 0 Å². The standard InChI is InChI=1S/C27H21N7O/c1-2-25(35)31-19-9-17(13-29-15-19)18-10-22-26(33-34-27(22)30-14-18)24-11-21-20(6-3-7-23(21)32-24)16-5-4-8-28-12-16/h3-15,32H,2H2,1H3,(H,31,35)(H,30,33,34). The van der Waals surface area contributed by atoms with Crippen molar-refractivity contribution in [3.63, 3.8) is 0 Å². The fraction of sp³-hybridized carbons (Fsp3) is 0.0741. The van der Waals surface area contributed by atoms with Crippen LogP contribution in [0.25, 0.3) is 55.6 Å². The molecule has 0 fully saturated rings. The van der Waals surface area contributed by atoms with E-state index in [4.69, 9.17) is 0 Å². The second kappa shape index (κ2) is 8.49. The highest BCUT2D eigenvalue weighted by Gasteiger charge is 2.15. The van der Waals surface area contributed by atoms with Crippen molar-refractivity contribution < 1.29 is 4.79 Å². The highest BCUT2D eigenvalue weighted by Crippen LogP contribution is 2.34. The molecule has 170 valence electrons. The third kappa shape index (κ3) is 3.80. The van der Waals surface area contributed by atoms with E-state index in [0.717, 1.165) is 49.9 Å². The fourth-order valence-corrected chi connectivity index (χ4v) is 4.24. The largest absolute Gasteiger partial charge is 0.353 e. The second-order valence-electron chi connectivity index (χ2n) is 8.25. The number of nitrogens with one attached hydrogen (secondary N) is 3. The molecule has 1 aromatic carbocycles. The van der Waals surface area contributed by atoms with Crippen LogP contribution in [0, 0.1) is 0 Å². The lowest BCUT2D eigenvalue weighted by Gasteiger charge is -2.06. The molecule has 0 aliphatic rings. The first-order chi connectivity index (χ1) is 17.2. The Bertz CT molecular complexity index is 1680. The predicted octanol–water partition coefficient (Wildman–Crippen LogP) is 5.58. The number of fused-ring (bicyclic) bond motifs is 2. The molecule has 5 aromatic heterocycles. The van der Waals surface area contributed by atoms with Gasteiger partial charge in [0.1, 0.15) is 0 Å². The number of pyridine rings is 3. The average molecular weight is 460 g/mol. The van der Waals surface area contributed by atoms with Crippen LogP contribution in [0.1, 0.15) is 13.3 Å². The van der Waals surface area contributed by atoms with E-state index in [1.807, 2.05) is 37.4 Å². The molecule has 5 heterocycles. The van der Waals surface area contributed by atoms with Gasteiger partial charge in [0.05, 0.1) is 23.3 Å². The molecule has 0 unspecified atom stereocenters. The predicted molar refractivity (Wildman–Crippen MR) is 137 cm³/mol. The molecule has 8 nitrogen and oxygen atoms in total. The van der Waals surface area contributed by atoms with Gasteiger partial charge in [-0.25, -0.2) is 4.98 Å². The van der Waals surface area contributed by atoms with Crippen LogP contribution in [0.4, 0.5) is 5.69 Å². The number of carbonyl (C=O) groups is 1. The van der Waals surface area contributed by atoms with Crippen LogP contribution in [-0.4, -0.2) is 36.0 Å². The van der Waals surface area contributed by atoms with Gasteiger partial charge in [0, 0.05) is 64.2 Å². The topological polar surface area (TPSA) is 112 Å². The third-order valence-corrected chi connectivity index (χ3v) is 5.99. The Morgan fingerprint density at radius 1 is 0.914 bits per heavy atom. The van der Waals surface area contributed by atoms with Gasteiger partial charge in [-0.2, -0.15) is 5.10 Å². The molecule has 6 aromatic rings. The first-order valence-electron chi connectivity index (χ1n) is 11.3. The quantitative estimate of drug-likeness (QED) is 0.312. The molecule has 0 radical (unpaired) electrons. The lowest BCUT2D eigenvalue weighted by molar-refractivity contribution is -0.115. The Morgan fingerprint density at radius 3 is 2.66 bits per heavy atom. The first kappa shape index (κ1) is 20.7. The molecule has 6 rings (SSSR count). The molecule has 35 heavy (non-hydrogen) atoms. The third-order valence-electron chi connectivity index (χ3n) is 5.99. The van der Waals surface area contributed by atoms with E-state index in [1.54, 1.807) is 24.8 Å². The maximum absolute atomic E-state index is 11.8. The number of aromatic nitrogens is 6. The Kier molecular flexibility index (Phi) is 5.03. The molecule has 8 heteroatoms. The van der Waals surface area contributed by atoms with Crippen molar-refractivity contribution in [2.75, 3.05) is 5.32 Å². The summed E-state index contributed by atoms with van der Waals surface area (Å²) in [5, 5.41) is 12.4. The van der Waals surface area contributed by atoms with Crippen LogP contribution in [0.2, 0.25) is 0 Å². The number of nitrogens with zero attached hydrogens (tertiary/aromatic N) is 4. The first-order valence-corrected chi connectivity index (χ1v) is 11.3. The number of aromatic amines is 2. The van der Waals surface area contributed by atoms with Crippen molar-refractivity contribution in [1.29, 1.82) is 0 Å². The van der Waals surface area contributed by atoms with E-state index in [-0.39, 0.29) is 5.91 Å². The summed E-state index contributed by atoms with van der Waals surface area (Å²) in [4.78, 5) is 28.4. The summed E-state index contributed by atoms with van der Waals surface area (Å²) in [6.45, 7) is 1.81. The fourth-order valence-electron chi connectivity index (χ4n) is 4.24. The molecule has 0 saturated carbocycles. The summed E-state index contributed by atoms with van der Waals surface area (Å²) in [6.07, 6.45) is 9.21. The Morgan fingerprint density at radius 2 is 1.80 bits per heavy atom. The molecule has 0 aliphatic heterocycles. The maximum Gasteiger partial charge on any atom is 0.224 e. The SMILES string of the molecule is CCC(=O)Nc1cncc(-c2cnc3n[nH]c(-c4cc5c(-c6cccnc6)cccc5[nH]4)c3c2)c1. The van der Waals surface area contributed by atoms with E-state index < -0.39 is 0 Å². The number of anilines is 1. The van der Waals surface area contributed by atoms with E-state index in [0.29, 0.717) is 17.8 Å². The minimum absolute atomic E-state index is 0.0564. The molecule has 0 bridgehead atoms. The summed E-state index contributed by atoms with van der Waals surface area (Å²) in [6, 6.07) is 16.2. The number of hydrogen-bond acceptors (Lipinski definition) is 5. The van der Waals surface area contributed by atoms with Crippen molar-refractivity contribution in [1.82, 2.24) is 30.1 Å². The number of carbonyl (C=O) groups excluding carboxylic acids is 1. The average Bonchev–Trinajstić information content (AvgIpc) is 3.53. The van der Waals surface area contributed by atoms with Crippen LogP contribution >= 0.6 is 0 Å². The minimum Gasteiger partial charge on any atom is -0.353 e. The zero-order valence-electron chi connectivity index (χ0n) is 18.9. The number of rotatable bonds is 5. The van der Waals surface area contributed by atoms with Crippen molar-refractivity contribution in [3.05, 3.63) is 79.5 Å². The van der Waals surface area contributed by atoms with Gasteiger partial charge in [-0.3, -0.25) is 19.9 Å². The molecule has 1 amide bonds. The van der Waals surface area contributed by atoms with E-state index in [9.17, 15) is 4.79 Å². The highest BCUT2D eigenvalue weighted by molar-refractivity contribution is 6.01. The molecule has 0 spiro atoms. The van der Waals surface area contributed by atoms with E-state index in [2.05, 4.69) is 59.7 Å². The summed E-state index contributed by atoms with van der Waals surface area (Å²) >= 11 is 0. The summed E-state index contributed by atoms with van der Waals surface area (Å²) < 4.78 is 0. The van der Waals surface area contributed by atoms with Crippen molar-refractivity contribution >= 4 is 33.5 Å². The Labute approximate surface area is 200 Å². The van der Waals surface area contributed by atoms with Gasteiger partial charge < -0.3 is 10.3 Å². The van der Waals surface area contributed by atoms with Crippen molar-refractivity contribution in [2.24, 2.45) is 0 Å². The van der Waals surface area contributed by atoms with Gasteiger partial charge in [0.25, 0.3) is 0 Å². The van der Waals surface area contributed by atoms with Gasteiger partial charge >= 0.3 is 0 Å². The van der Waals surface area contributed by atoms with Gasteiger partial charge in [-0.05, 0) is 35.9 Å². The zero-order chi connectivity index (χ0) is 23.8. The molecular formula is C27H21N7O. The lowest BCUT2D eigenvalue weighted by Crippen LogP contribution is -2.09. The van der Waals surface area contributed by atoms with Gasteiger partial charge in [-0.15, -0.1) is 0 Å². The van der Waals surface area contributed by atoms with E-state index >= 15 is 0 Å². The van der Waals surface area contributed by atoms with Crippen molar-refractivity contribution in [3.8, 4) is 33.6 Å². The van der Waals surface area contributed by atoms with Crippen LogP contribution in [-0.2, 0) is 4.79 Å². The maximum atomic E-state index is 11.8. The highest BCUT2D eigenvalue weighted by atomic mass is 16.1. The number of H-pyrrole nitrogens is 2. The Hall–Kier alpha value is -4.85. The lowest BCUT2D eigenvalue weighted by atomic mass is 10.0. The van der Waals surface area contributed by atoms with Crippen LogP contribution in [0.5, 0.6) is 0 Å². The minimum atomic E-state index is -0.0564. The summed E-state index contributed by atoms with van der Waals surface area (Å²) in [5.74, 6) is -0.0564. The molecular weight excluding hydrogens is 438 g/mol. The number of benzene rings is 1. The van der Waals surface area contributed by atoms with Gasteiger partial charge in [0.15, 0.2) is 5.65 Å². The zero-order valence-corrected chi connectivity index (χ0v) is 18.9. The van der Waals surface area contributed by atoms with E-state index in [1.165, 1.54) is 0 Å². The smallest absolute Gasteiger partial charge is 0.224 e. The molecule has 0 aliphatic carbocycles.